The lowest BCUT2D eigenvalue weighted by molar-refractivity contribution is 0.145. The van der Waals surface area contributed by atoms with Crippen molar-refractivity contribution in [3.63, 3.8) is 0 Å². The van der Waals surface area contributed by atoms with Gasteiger partial charge in [0.15, 0.2) is 4.34 Å². The fourth-order valence-electron chi connectivity index (χ4n) is 1.69. The molecule has 1 heterocycles. The van der Waals surface area contributed by atoms with Crippen molar-refractivity contribution >= 4 is 33.3 Å². The fourth-order valence-corrected chi connectivity index (χ4v) is 3.73. The number of rotatable bonds is 9. The lowest BCUT2D eigenvalue weighted by Crippen LogP contribution is -2.19. The maximum absolute atomic E-state index is 5.29. The van der Waals surface area contributed by atoms with E-state index in [1.54, 1.807) is 11.3 Å². The summed E-state index contributed by atoms with van der Waals surface area (Å²) >= 11 is 3.60. The molecule has 0 spiro atoms. The highest BCUT2D eigenvalue weighted by molar-refractivity contribution is 8.01. The van der Waals surface area contributed by atoms with Crippen LogP contribution in [0.5, 0.6) is 0 Å². The van der Waals surface area contributed by atoms with E-state index in [4.69, 9.17) is 4.74 Å². The number of para-hydroxylation sites is 1. The molecular weight excluding hydrogens is 276 g/mol. The Morgan fingerprint density at radius 3 is 3.05 bits per heavy atom. The molecule has 19 heavy (non-hydrogen) atoms. The minimum atomic E-state index is 0.813. The Labute approximate surface area is 122 Å². The molecule has 0 aliphatic rings. The van der Waals surface area contributed by atoms with Gasteiger partial charge in [-0.25, -0.2) is 4.98 Å². The highest BCUT2D eigenvalue weighted by Gasteiger charge is 2.02. The van der Waals surface area contributed by atoms with E-state index < -0.39 is 0 Å². The molecule has 1 aromatic heterocycles. The Morgan fingerprint density at radius 1 is 1.32 bits per heavy atom. The topological polar surface area (TPSA) is 34.1 Å². The molecule has 1 N–H and O–H groups in total. The predicted octanol–water partition coefficient (Wildman–Crippen LogP) is 3.40. The van der Waals surface area contributed by atoms with Crippen molar-refractivity contribution in [2.24, 2.45) is 0 Å². The number of aromatic nitrogens is 1. The first kappa shape index (κ1) is 14.8. The maximum atomic E-state index is 5.29. The van der Waals surface area contributed by atoms with Crippen LogP contribution in [0.1, 0.15) is 13.3 Å². The molecule has 0 atom stereocenters. The zero-order valence-corrected chi connectivity index (χ0v) is 12.9. The van der Waals surface area contributed by atoms with Gasteiger partial charge in [-0.2, -0.15) is 0 Å². The van der Waals surface area contributed by atoms with Crippen LogP contribution in [0.3, 0.4) is 0 Å². The van der Waals surface area contributed by atoms with Gasteiger partial charge in [0.05, 0.1) is 10.2 Å². The molecular formula is C14H20N2OS2. The van der Waals surface area contributed by atoms with Gasteiger partial charge in [-0.05, 0) is 32.0 Å². The summed E-state index contributed by atoms with van der Waals surface area (Å²) in [6.07, 6.45) is 1.08. The highest BCUT2D eigenvalue weighted by atomic mass is 32.2. The van der Waals surface area contributed by atoms with Gasteiger partial charge in [-0.3, -0.25) is 0 Å². The molecule has 5 heteroatoms. The molecule has 1 aromatic carbocycles. The molecule has 0 aliphatic heterocycles. The van der Waals surface area contributed by atoms with E-state index in [9.17, 15) is 0 Å². The summed E-state index contributed by atoms with van der Waals surface area (Å²) in [4.78, 5) is 4.60. The van der Waals surface area contributed by atoms with Gasteiger partial charge in [0, 0.05) is 25.5 Å². The Balaban J connectivity index is 1.60. The first-order valence-corrected chi connectivity index (χ1v) is 8.47. The lowest BCUT2D eigenvalue weighted by atomic mass is 10.3. The van der Waals surface area contributed by atoms with Crippen LogP contribution < -0.4 is 5.32 Å². The maximum Gasteiger partial charge on any atom is 0.151 e. The van der Waals surface area contributed by atoms with E-state index in [2.05, 4.69) is 28.5 Å². The van der Waals surface area contributed by atoms with Crippen molar-refractivity contribution in [2.75, 3.05) is 32.1 Å². The summed E-state index contributed by atoms with van der Waals surface area (Å²) < 4.78 is 7.73. The Morgan fingerprint density at radius 2 is 2.21 bits per heavy atom. The Hall–Kier alpha value is -0.620. The van der Waals surface area contributed by atoms with Crippen molar-refractivity contribution in [3.8, 4) is 0 Å². The van der Waals surface area contributed by atoms with Crippen molar-refractivity contribution in [1.82, 2.24) is 10.3 Å². The Kier molecular flexibility index (Phi) is 6.64. The quantitative estimate of drug-likeness (QED) is 0.568. The zero-order valence-electron chi connectivity index (χ0n) is 11.2. The van der Waals surface area contributed by atoms with E-state index >= 15 is 0 Å². The molecule has 0 saturated heterocycles. The molecule has 104 valence electrons. The van der Waals surface area contributed by atoms with Gasteiger partial charge in [-0.15, -0.1) is 11.3 Å². The molecule has 0 radical (unpaired) electrons. The second-order valence-electron chi connectivity index (χ2n) is 4.10. The number of benzene rings is 1. The van der Waals surface area contributed by atoms with Crippen LogP contribution in [0.4, 0.5) is 0 Å². The molecule has 2 rings (SSSR count). The van der Waals surface area contributed by atoms with E-state index in [1.807, 2.05) is 24.8 Å². The minimum absolute atomic E-state index is 0.813. The number of thioether (sulfide) groups is 1. The van der Waals surface area contributed by atoms with Crippen LogP contribution in [-0.4, -0.2) is 37.0 Å². The summed E-state index contributed by atoms with van der Waals surface area (Å²) in [5.74, 6) is 1.06. The van der Waals surface area contributed by atoms with Gasteiger partial charge < -0.3 is 10.1 Å². The lowest BCUT2D eigenvalue weighted by Gasteiger charge is -2.03. The van der Waals surface area contributed by atoms with Crippen molar-refractivity contribution < 1.29 is 4.74 Å². The van der Waals surface area contributed by atoms with Crippen molar-refractivity contribution in [1.29, 1.82) is 0 Å². The van der Waals surface area contributed by atoms with Crippen molar-refractivity contribution in [3.05, 3.63) is 24.3 Å². The highest BCUT2D eigenvalue weighted by Crippen LogP contribution is 2.28. The van der Waals surface area contributed by atoms with E-state index in [-0.39, 0.29) is 0 Å². The average Bonchev–Trinajstić information content (AvgIpc) is 2.84. The van der Waals surface area contributed by atoms with Gasteiger partial charge >= 0.3 is 0 Å². The normalized spacial score (nSPS) is 11.2. The van der Waals surface area contributed by atoms with Crippen LogP contribution in [0, 0.1) is 0 Å². The van der Waals surface area contributed by atoms with Crippen LogP contribution >= 0.6 is 23.1 Å². The molecule has 0 amide bonds. The van der Waals surface area contributed by atoms with E-state index in [0.29, 0.717) is 0 Å². The first-order chi connectivity index (χ1) is 9.40. The van der Waals surface area contributed by atoms with Crippen molar-refractivity contribution in [2.45, 2.75) is 17.7 Å². The summed E-state index contributed by atoms with van der Waals surface area (Å²) in [5.41, 5.74) is 1.11. The molecule has 0 aliphatic carbocycles. The third-order valence-corrected chi connectivity index (χ3v) is 4.81. The molecule has 3 nitrogen and oxygen atoms in total. The van der Waals surface area contributed by atoms with Gasteiger partial charge in [0.1, 0.15) is 0 Å². The predicted molar refractivity (Wildman–Crippen MR) is 84.3 cm³/mol. The molecule has 0 saturated carbocycles. The first-order valence-electron chi connectivity index (χ1n) is 6.67. The third-order valence-electron chi connectivity index (χ3n) is 2.62. The van der Waals surface area contributed by atoms with Gasteiger partial charge in [-0.1, -0.05) is 23.9 Å². The molecule has 2 aromatic rings. The Bertz CT molecular complexity index is 454. The number of nitrogens with zero attached hydrogens (tertiary/aromatic N) is 1. The van der Waals surface area contributed by atoms with Crippen LogP contribution in [0.25, 0.3) is 10.2 Å². The monoisotopic (exact) mass is 296 g/mol. The molecule has 0 unspecified atom stereocenters. The summed E-state index contributed by atoms with van der Waals surface area (Å²) in [6.45, 7) is 5.75. The molecule has 0 fully saturated rings. The second-order valence-corrected chi connectivity index (χ2v) is 6.47. The number of fused-ring (bicyclic) bond motifs is 1. The largest absolute Gasteiger partial charge is 0.382 e. The van der Waals surface area contributed by atoms with Gasteiger partial charge in [0.2, 0.25) is 0 Å². The molecule has 0 bridgehead atoms. The smallest absolute Gasteiger partial charge is 0.151 e. The number of hydrogen-bond acceptors (Lipinski definition) is 5. The minimum Gasteiger partial charge on any atom is -0.382 e. The zero-order chi connectivity index (χ0) is 13.3. The second kappa shape index (κ2) is 8.53. The van der Waals surface area contributed by atoms with Crippen LogP contribution in [0.2, 0.25) is 0 Å². The fraction of sp³-hybridized carbons (Fsp3) is 0.500. The van der Waals surface area contributed by atoms with E-state index in [0.717, 1.165) is 48.3 Å². The average molecular weight is 296 g/mol. The number of ether oxygens (including phenoxy) is 1. The summed E-state index contributed by atoms with van der Waals surface area (Å²) in [6, 6.07) is 8.30. The SMILES string of the molecule is CCOCCCNCCSc1nc2ccccc2s1. The standard InChI is InChI=1S/C14H20N2OS2/c1-2-17-10-5-8-15-9-11-18-14-16-12-6-3-4-7-13(12)19-14/h3-4,6-7,15H,2,5,8-11H2,1H3. The summed E-state index contributed by atoms with van der Waals surface area (Å²) in [7, 11) is 0. The van der Waals surface area contributed by atoms with Crippen LogP contribution in [-0.2, 0) is 4.74 Å². The number of nitrogens with one attached hydrogen (secondary N) is 1. The number of thiazole rings is 1. The third kappa shape index (κ3) is 5.10. The number of hydrogen-bond donors (Lipinski definition) is 1. The summed E-state index contributed by atoms with van der Waals surface area (Å²) in [5, 5.41) is 3.42. The van der Waals surface area contributed by atoms with Crippen LogP contribution in [0.15, 0.2) is 28.6 Å². The van der Waals surface area contributed by atoms with E-state index in [1.165, 1.54) is 4.70 Å². The van der Waals surface area contributed by atoms with Gasteiger partial charge in [0.25, 0.3) is 0 Å².